The summed E-state index contributed by atoms with van der Waals surface area (Å²) >= 11 is 0. The molecule has 24 heavy (non-hydrogen) atoms. The lowest BCUT2D eigenvalue weighted by Crippen LogP contribution is -2.33. The second kappa shape index (κ2) is 5.93. The van der Waals surface area contributed by atoms with Crippen molar-refractivity contribution in [1.82, 2.24) is 9.88 Å². The Kier molecular flexibility index (Phi) is 3.75. The lowest BCUT2D eigenvalue weighted by molar-refractivity contribution is -0.121. The number of nitrogens with zero attached hydrogens (tertiary/aromatic N) is 1. The number of fused-ring (bicyclic) bond motifs is 3. The lowest BCUT2D eigenvalue weighted by Gasteiger charge is -2.18. The molecule has 2 aliphatic rings. The summed E-state index contributed by atoms with van der Waals surface area (Å²) < 4.78 is 1.88. The minimum atomic E-state index is 0.0117. The van der Waals surface area contributed by atoms with E-state index in [2.05, 4.69) is 17.5 Å². The number of amides is 1. The van der Waals surface area contributed by atoms with Gasteiger partial charge in [0.15, 0.2) is 5.78 Å². The Morgan fingerprint density at radius 2 is 2.04 bits per heavy atom. The van der Waals surface area contributed by atoms with Crippen LogP contribution in [0.25, 0.3) is 10.9 Å². The smallest absolute Gasteiger partial charge is 0.239 e. The summed E-state index contributed by atoms with van der Waals surface area (Å²) in [5.41, 5.74) is 1.61. The van der Waals surface area contributed by atoms with E-state index >= 15 is 0 Å². The quantitative estimate of drug-likeness (QED) is 0.679. The molecule has 2 aliphatic carbocycles. The lowest BCUT2D eigenvalue weighted by atomic mass is 9.94. The van der Waals surface area contributed by atoms with Crippen molar-refractivity contribution in [3.05, 3.63) is 48.2 Å². The van der Waals surface area contributed by atoms with E-state index in [9.17, 15) is 9.59 Å². The zero-order chi connectivity index (χ0) is 16.7. The maximum atomic E-state index is 12.4. The van der Waals surface area contributed by atoms with Crippen LogP contribution in [0.1, 0.15) is 30.1 Å². The third kappa shape index (κ3) is 2.66. The van der Waals surface area contributed by atoms with Crippen LogP contribution >= 0.6 is 0 Å². The summed E-state index contributed by atoms with van der Waals surface area (Å²) in [6.07, 6.45) is 8.88. The van der Waals surface area contributed by atoms with Gasteiger partial charge in [0.2, 0.25) is 5.91 Å². The highest BCUT2D eigenvalue weighted by Crippen LogP contribution is 2.42. The fraction of sp³-hybridized carbons (Fsp3) is 0.400. The molecule has 4 nitrogen and oxygen atoms in total. The Morgan fingerprint density at radius 3 is 2.75 bits per heavy atom. The SMILES string of the molecule is CC(=O)c1cn(CC(=O)NCC2CC3C=CC2C3)c2ccccc12. The summed E-state index contributed by atoms with van der Waals surface area (Å²) in [6.45, 7) is 2.57. The number of carbonyl (C=O) groups excluding carboxylic acids is 2. The van der Waals surface area contributed by atoms with Gasteiger partial charge in [-0.2, -0.15) is 0 Å². The molecule has 0 saturated heterocycles. The Hall–Kier alpha value is -2.36. The highest BCUT2D eigenvalue weighted by molar-refractivity contribution is 6.07. The van der Waals surface area contributed by atoms with Crippen LogP contribution in [0.15, 0.2) is 42.6 Å². The summed E-state index contributed by atoms with van der Waals surface area (Å²) in [4.78, 5) is 24.2. The van der Waals surface area contributed by atoms with Crippen molar-refractivity contribution in [2.45, 2.75) is 26.3 Å². The van der Waals surface area contributed by atoms with E-state index < -0.39 is 0 Å². The molecule has 1 N–H and O–H groups in total. The monoisotopic (exact) mass is 322 g/mol. The molecule has 3 unspecified atom stereocenters. The first-order valence-corrected chi connectivity index (χ1v) is 8.65. The van der Waals surface area contributed by atoms with Gasteiger partial charge < -0.3 is 9.88 Å². The average molecular weight is 322 g/mol. The Morgan fingerprint density at radius 1 is 1.21 bits per heavy atom. The van der Waals surface area contributed by atoms with Crippen LogP contribution in [0.2, 0.25) is 0 Å². The molecule has 1 saturated carbocycles. The summed E-state index contributed by atoms with van der Waals surface area (Å²) in [6, 6.07) is 7.74. The Labute approximate surface area is 141 Å². The van der Waals surface area contributed by atoms with Crippen molar-refractivity contribution in [1.29, 1.82) is 0 Å². The predicted octanol–water partition coefficient (Wildman–Crippen LogP) is 3.17. The van der Waals surface area contributed by atoms with Gasteiger partial charge in [0.1, 0.15) is 6.54 Å². The maximum absolute atomic E-state index is 12.4. The molecule has 3 atom stereocenters. The molecule has 4 heteroatoms. The normalized spacial score (nSPS) is 24.6. The summed E-state index contributed by atoms with van der Waals surface area (Å²) in [5.74, 6) is 1.99. The second-order valence-corrected chi connectivity index (χ2v) is 7.09. The van der Waals surface area contributed by atoms with E-state index in [0.717, 1.165) is 23.4 Å². The summed E-state index contributed by atoms with van der Waals surface area (Å²) in [7, 11) is 0. The molecule has 1 heterocycles. The number of ketones is 1. The summed E-state index contributed by atoms with van der Waals surface area (Å²) in [5, 5.41) is 4.00. The first kappa shape index (κ1) is 15.2. The first-order valence-electron chi connectivity index (χ1n) is 8.65. The maximum Gasteiger partial charge on any atom is 0.239 e. The van der Waals surface area contributed by atoms with Gasteiger partial charge in [-0.3, -0.25) is 9.59 Å². The van der Waals surface area contributed by atoms with Gasteiger partial charge in [-0.25, -0.2) is 0 Å². The van der Waals surface area contributed by atoms with E-state index in [0.29, 0.717) is 17.4 Å². The molecular weight excluding hydrogens is 300 g/mol. The van der Waals surface area contributed by atoms with Crippen LogP contribution in [0.4, 0.5) is 0 Å². The van der Waals surface area contributed by atoms with E-state index in [1.807, 2.05) is 28.8 Å². The topological polar surface area (TPSA) is 51.1 Å². The highest BCUT2D eigenvalue weighted by atomic mass is 16.2. The minimum Gasteiger partial charge on any atom is -0.354 e. The van der Waals surface area contributed by atoms with Crippen LogP contribution < -0.4 is 5.32 Å². The third-order valence-electron chi connectivity index (χ3n) is 5.46. The molecular formula is C20H22N2O2. The van der Waals surface area contributed by atoms with Gasteiger partial charge in [0.05, 0.1) is 0 Å². The standard InChI is InChI=1S/C20H22N2O2/c1-13(23)18-11-22(19-5-3-2-4-17(18)19)12-20(24)21-10-16-9-14-6-7-15(16)8-14/h2-7,11,14-16H,8-10,12H2,1H3,(H,21,24). The van der Waals surface area contributed by atoms with Crippen molar-refractivity contribution >= 4 is 22.6 Å². The molecule has 0 aliphatic heterocycles. The minimum absolute atomic E-state index is 0.0117. The number of nitrogens with one attached hydrogen (secondary N) is 1. The molecule has 1 fully saturated rings. The fourth-order valence-corrected chi connectivity index (χ4v) is 4.24. The van der Waals surface area contributed by atoms with Crippen LogP contribution in [0.3, 0.4) is 0 Å². The number of hydrogen-bond acceptors (Lipinski definition) is 2. The van der Waals surface area contributed by atoms with Crippen molar-refractivity contribution in [3.8, 4) is 0 Å². The number of Topliss-reactive ketones (excluding diaryl/α,β-unsaturated/α-hetero) is 1. The zero-order valence-electron chi connectivity index (χ0n) is 13.9. The van der Waals surface area contributed by atoms with Gasteiger partial charge in [0, 0.05) is 29.2 Å². The molecule has 0 spiro atoms. The zero-order valence-corrected chi connectivity index (χ0v) is 13.9. The molecule has 1 aromatic carbocycles. The van der Waals surface area contributed by atoms with E-state index in [-0.39, 0.29) is 18.2 Å². The van der Waals surface area contributed by atoms with Crippen LogP contribution in [0.5, 0.6) is 0 Å². The third-order valence-corrected chi connectivity index (χ3v) is 5.46. The molecule has 4 rings (SSSR count). The van der Waals surface area contributed by atoms with Gasteiger partial charge in [0.25, 0.3) is 0 Å². The van der Waals surface area contributed by atoms with Gasteiger partial charge in [-0.05, 0) is 43.6 Å². The van der Waals surface area contributed by atoms with E-state index in [1.54, 1.807) is 13.1 Å². The molecule has 2 aromatic rings. The molecule has 124 valence electrons. The molecule has 2 bridgehead atoms. The fourth-order valence-electron chi connectivity index (χ4n) is 4.24. The highest BCUT2D eigenvalue weighted by Gasteiger charge is 2.35. The Balaban J connectivity index is 1.45. The van der Waals surface area contributed by atoms with Crippen LogP contribution in [-0.2, 0) is 11.3 Å². The van der Waals surface area contributed by atoms with Crippen molar-refractivity contribution < 1.29 is 9.59 Å². The number of carbonyl (C=O) groups is 2. The van der Waals surface area contributed by atoms with E-state index in [1.165, 1.54) is 12.8 Å². The van der Waals surface area contributed by atoms with Crippen molar-refractivity contribution in [3.63, 3.8) is 0 Å². The van der Waals surface area contributed by atoms with Crippen molar-refractivity contribution in [2.24, 2.45) is 17.8 Å². The largest absolute Gasteiger partial charge is 0.354 e. The number of benzene rings is 1. The van der Waals surface area contributed by atoms with E-state index in [4.69, 9.17) is 0 Å². The average Bonchev–Trinajstić information content (AvgIpc) is 3.27. The van der Waals surface area contributed by atoms with Gasteiger partial charge >= 0.3 is 0 Å². The number of hydrogen-bond donors (Lipinski definition) is 1. The predicted molar refractivity (Wildman–Crippen MR) is 93.8 cm³/mol. The molecule has 1 amide bonds. The van der Waals surface area contributed by atoms with Crippen LogP contribution in [0, 0.1) is 17.8 Å². The number of rotatable bonds is 5. The van der Waals surface area contributed by atoms with Gasteiger partial charge in [-0.15, -0.1) is 0 Å². The second-order valence-electron chi connectivity index (χ2n) is 7.09. The van der Waals surface area contributed by atoms with Crippen molar-refractivity contribution in [2.75, 3.05) is 6.54 Å². The molecule has 0 radical (unpaired) electrons. The first-order chi connectivity index (χ1) is 11.6. The Bertz CT molecular complexity index is 833. The number of allylic oxidation sites excluding steroid dienone is 2. The van der Waals surface area contributed by atoms with Crippen LogP contribution in [-0.4, -0.2) is 22.8 Å². The van der Waals surface area contributed by atoms with Gasteiger partial charge in [-0.1, -0.05) is 30.4 Å². The molecule has 1 aromatic heterocycles. The number of aromatic nitrogens is 1. The number of para-hydroxylation sites is 1.